The normalized spacial score (nSPS) is 14.6. The van der Waals surface area contributed by atoms with E-state index in [1.165, 1.54) is 0 Å². The van der Waals surface area contributed by atoms with E-state index in [9.17, 15) is 4.21 Å². The first-order valence-corrected chi connectivity index (χ1v) is 8.49. The van der Waals surface area contributed by atoms with Crippen molar-refractivity contribution in [3.05, 3.63) is 23.8 Å². The zero-order valence-electron chi connectivity index (χ0n) is 13.9. The number of methoxy groups -OCH3 is 2. The van der Waals surface area contributed by atoms with Crippen molar-refractivity contribution in [2.45, 2.75) is 38.5 Å². The maximum Gasteiger partial charge on any atom is 0.127 e. The van der Waals surface area contributed by atoms with Crippen molar-refractivity contribution < 1.29 is 13.7 Å². The highest BCUT2D eigenvalue weighted by Crippen LogP contribution is 2.31. The average molecular weight is 313 g/mol. The van der Waals surface area contributed by atoms with Gasteiger partial charge in [-0.05, 0) is 33.4 Å². The van der Waals surface area contributed by atoms with Crippen molar-refractivity contribution in [3.63, 3.8) is 0 Å². The molecule has 0 aliphatic rings. The summed E-state index contributed by atoms with van der Waals surface area (Å²) >= 11 is 0. The number of nitrogens with one attached hydrogen (secondary N) is 1. The third-order valence-corrected chi connectivity index (χ3v) is 5.27. The number of benzene rings is 1. The molecule has 0 saturated heterocycles. The lowest BCUT2D eigenvalue weighted by molar-refractivity contribution is 0.386. The van der Waals surface area contributed by atoms with Crippen LogP contribution < -0.4 is 14.8 Å². The molecule has 0 fully saturated rings. The highest BCUT2D eigenvalue weighted by molar-refractivity contribution is 7.86. The van der Waals surface area contributed by atoms with Gasteiger partial charge in [-0.1, -0.05) is 13.0 Å². The summed E-state index contributed by atoms with van der Waals surface area (Å²) < 4.78 is 22.9. The predicted octanol–water partition coefficient (Wildman–Crippen LogP) is 2.90. The molecule has 0 aromatic heterocycles. The standard InChI is InChI=1S/C16H27NO3S/c1-7-17-14(11-21(18)16(2,3)4)13-9-8-12(19-5)10-15(13)20-6/h8-10,14,17H,7,11H2,1-6H3. The van der Waals surface area contributed by atoms with Crippen LogP contribution in [0.2, 0.25) is 0 Å². The summed E-state index contributed by atoms with van der Waals surface area (Å²) in [6, 6.07) is 5.74. The Bertz CT molecular complexity index is 483. The maximum atomic E-state index is 12.5. The van der Waals surface area contributed by atoms with E-state index in [2.05, 4.69) is 5.32 Å². The van der Waals surface area contributed by atoms with E-state index in [4.69, 9.17) is 9.47 Å². The summed E-state index contributed by atoms with van der Waals surface area (Å²) in [5.41, 5.74) is 1.01. The van der Waals surface area contributed by atoms with Gasteiger partial charge in [-0.3, -0.25) is 4.21 Å². The van der Waals surface area contributed by atoms with Gasteiger partial charge in [0, 0.05) is 39.0 Å². The highest BCUT2D eigenvalue weighted by atomic mass is 32.2. The predicted molar refractivity (Wildman–Crippen MR) is 88.7 cm³/mol. The molecule has 1 rings (SSSR count). The number of hydrogen-bond acceptors (Lipinski definition) is 4. The van der Waals surface area contributed by atoms with Gasteiger partial charge in [0.25, 0.3) is 0 Å². The molecule has 2 unspecified atom stereocenters. The quantitative estimate of drug-likeness (QED) is 0.841. The lowest BCUT2D eigenvalue weighted by Crippen LogP contribution is -2.32. The van der Waals surface area contributed by atoms with Crippen molar-refractivity contribution in [1.82, 2.24) is 5.32 Å². The number of hydrogen-bond donors (Lipinski definition) is 1. The Balaban J connectivity index is 3.08. The van der Waals surface area contributed by atoms with Gasteiger partial charge in [0.2, 0.25) is 0 Å². The maximum absolute atomic E-state index is 12.5. The lowest BCUT2D eigenvalue weighted by atomic mass is 10.1. The second-order valence-corrected chi connectivity index (χ2v) is 8.09. The summed E-state index contributed by atoms with van der Waals surface area (Å²) in [4.78, 5) is 0. The van der Waals surface area contributed by atoms with Crippen LogP contribution in [0, 0.1) is 0 Å². The molecule has 0 aliphatic carbocycles. The molecule has 0 spiro atoms. The van der Waals surface area contributed by atoms with Crippen LogP contribution >= 0.6 is 0 Å². The van der Waals surface area contributed by atoms with Crippen LogP contribution in [0.25, 0.3) is 0 Å². The first-order valence-electron chi connectivity index (χ1n) is 7.17. The third kappa shape index (κ3) is 5.00. The molecular formula is C16H27NO3S. The van der Waals surface area contributed by atoms with Crippen LogP contribution in [0.3, 0.4) is 0 Å². The molecule has 1 N–H and O–H groups in total. The fourth-order valence-corrected chi connectivity index (χ4v) is 3.11. The lowest BCUT2D eigenvalue weighted by Gasteiger charge is -2.25. The van der Waals surface area contributed by atoms with Crippen molar-refractivity contribution in [1.29, 1.82) is 0 Å². The monoisotopic (exact) mass is 313 g/mol. The molecule has 0 bridgehead atoms. The topological polar surface area (TPSA) is 47.6 Å². The molecule has 0 saturated carbocycles. The summed E-state index contributed by atoms with van der Waals surface area (Å²) in [6.45, 7) is 8.84. The molecule has 0 aliphatic heterocycles. The smallest absolute Gasteiger partial charge is 0.127 e. The van der Waals surface area contributed by atoms with Gasteiger partial charge in [-0.15, -0.1) is 0 Å². The molecule has 0 amide bonds. The van der Waals surface area contributed by atoms with Gasteiger partial charge in [0.05, 0.1) is 14.2 Å². The minimum atomic E-state index is -0.936. The van der Waals surface area contributed by atoms with E-state index < -0.39 is 10.8 Å². The fraction of sp³-hybridized carbons (Fsp3) is 0.625. The Kier molecular flexibility index (Phi) is 6.68. The molecule has 0 heterocycles. The van der Waals surface area contributed by atoms with Crippen LogP contribution in [-0.2, 0) is 10.8 Å². The van der Waals surface area contributed by atoms with E-state index in [1.54, 1.807) is 14.2 Å². The summed E-state index contributed by atoms with van der Waals surface area (Å²) in [7, 11) is 2.33. The first kappa shape index (κ1) is 18.0. The summed E-state index contributed by atoms with van der Waals surface area (Å²) in [6.07, 6.45) is 0. The fourth-order valence-electron chi connectivity index (χ4n) is 2.01. The van der Waals surface area contributed by atoms with Gasteiger partial charge < -0.3 is 14.8 Å². The van der Waals surface area contributed by atoms with Crippen molar-refractivity contribution >= 4 is 10.8 Å². The second-order valence-electron chi connectivity index (χ2n) is 5.84. The van der Waals surface area contributed by atoms with Crippen molar-refractivity contribution in [3.8, 4) is 11.5 Å². The minimum Gasteiger partial charge on any atom is -0.497 e. The Morgan fingerprint density at radius 1 is 1.24 bits per heavy atom. The van der Waals surface area contributed by atoms with Gasteiger partial charge in [0.15, 0.2) is 0 Å². The van der Waals surface area contributed by atoms with Crippen LogP contribution in [0.5, 0.6) is 11.5 Å². The highest BCUT2D eigenvalue weighted by Gasteiger charge is 2.25. The Morgan fingerprint density at radius 2 is 1.90 bits per heavy atom. The molecule has 5 heteroatoms. The van der Waals surface area contributed by atoms with E-state index in [-0.39, 0.29) is 10.8 Å². The van der Waals surface area contributed by atoms with Crippen LogP contribution in [0.1, 0.15) is 39.3 Å². The Labute approximate surface area is 130 Å². The van der Waals surface area contributed by atoms with Crippen LogP contribution in [-0.4, -0.2) is 35.5 Å². The molecule has 1 aromatic rings. The van der Waals surface area contributed by atoms with E-state index in [0.29, 0.717) is 5.75 Å². The number of ether oxygens (including phenoxy) is 2. The molecule has 4 nitrogen and oxygen atoms in total. The zero-order valence-corrected chi connectivity index (χ0v) is 14.7. The van der Waals surface area contributed by atoms with Crippen LogP contribution in [0.15, 0.2) is 18.2 Å². The van der Waals surface area contributed by atoms with E-state index in [0.717, 1.165) is 23.6 Å². The van der Waals surface area contributed by atoms with Gasteiger partial charge in [-0.25, -0.2) is 0 Å². The summed E-state index contributed by atoms with van der Waals surface area (Å²) in [5.74, 6) is 2.06. The molecule has 21 heavy (non-hydrogen) atoms. The minimum absolute atomic E-state index is 0.00378. The molecule has 0 radical (unpaired) electrons. The third-order valence-electron chi connectivity index (χ3n) is 3.27. The van der Waals surface area contributed by atoms with E-state index in [1.807, 2.05) is 45.9 Å². The Hall–Kier alpha value is -1.07. The van der Waals surface area contributed by atoms with Gasteiger partial charge in [0.1, 0.15) is 11.5 Å². The molecular weight excluding hydrogens is 286 g/mol. The van der Waals surface area contributed by atoms with Crippen molar-refractivity contribution in [2.75, 3.05) is 26.5 Å². The SMILES string of the molecule is CCNC(CS(=O)C(C)(C)C)c1ccc(OC)cc1OC. The second kappa shape index (κ2) is 7.80. The Morgan fingerprint density at radius 3 is 2.38 bits per heavy atom. The average Bonchev–Trinajstić information content (AvgIpc) is 2.45. The molecule has 1 aromatic carbocycles. The van der Waals surface area contributed by atoms with Crippen LogP contribution in [0.4, 0.5) is 0 Å². The van der Waals surface area contributed by atoms with Gasteiger partial charge in [-0.2, -0.15) is 0 Å². The number of rotatable bonds is 7. The largest absolute Gasteiger partial charge is 0.497 e. The van der Waals surface area contributed by atoms with E-state index >= 15 is 0 Å². The van der Waals surface area contributed by atoms with Gasteiger partial charge >= 0.3 is 0 Å². The molecule has 120 valence electrons. The van der Waals surface area contributed by atoms with Crippen molar-refractivity contribution in [2.24, 2.45) is 0 Å². The first-order chi connectivity index (χ1) is 9.83. The summed E-state index contributed by atoms with van der Waals surface area (Å²) in [5, 5.41) is 3.40. The zero-order chi connectivity index (χ0) is 16.0. The molecule has 2 atom stereocenters.